The van der Waals surface area contributed by atoms with E-state index in [9.17, 15) is 8.42 Å². The van der Waals surface area contributed by atoms with Crippen LogP contribution in [0.4, 0.5) is 5.69 Å². The summed E-state index contributed by atoms with van der Waals surface area (Å²) in [5.41, 5.74) is 1.94. The van der Waals surface area contributed by atoms with Crippen LogP contribution in [0.5, 0.6) is 0 Å². The van der Waals surface area contributed by atoms with Gasteiger partial charge in [0, 0.05) is 23.5 Å². The van der Waals surface area contributed by atoms with Crippen LogP contribution in [0.1, 0.15) is 5.56 Å². The molecule has 0 unspecified atom stereocenters. The Bertz CT molecular complexity index is 666. The number of halogens is 1. The monoisotopic (exact) mass is 295 g/mol. The molecule has 0 aliphatic heterocycles. The SMILES string of the molecule is CS(=O)(=O)c1ccc(NCc2cccc(Cl)c2)cc1. The van der Waals surface area contributed by atoms with Crippen LogP contribution in [0, 0.1) is 0 Å². The van der Waals surface area contributed by atoms with Gasteiger partial charge in [-0.1, -0.05) is 23.7 Å². The lowest BCUT2D eigenvalue weighted by Gasteiger charge is -2.07. The van der Waals surface area contributed by atoms with Gasteiger partial charge in [0.2, 0.25) is 0 Å². The zero-order valence-electron chi connectivity index (χ0n) is 10.4. The third-order valence-corrected chi connectivity index (χ3v) is 4.03. The van der Waals surface area contributed by atoms with Crippen LogP contribution in [0.3, 0.4) is 0 Å². The molecule has 1 N–H and O–H groups in total. The van der Waals surface area contributed by atoms with Crippen molar-refractivity contribution in [1.82, 2.24) is 0 Å². The second kappa shape index (κ2) is 5.63. The van der Waals surface area contributed by atoms with Gasteiger partial charge in [-0.15, -0.1) is 0 Å². The average Bonchev–Trinajstić information content (AvgIpc) is 2.36. The topological polar surface area (TPSA) is 46.2 Å². The maximum absolute atomic E-state index is 11.3. The number of rotatable bonds is 4. The first-order valence-electron chi connectivity index (χ1n) is 5.73. The highest BCUT2D eigenvalue weighted by Gasteiger charge is 2.05. The molecule has 0 spiro atoms. The second-order valence-corrected chi connectivity index (χ2v) is 6.73. The van der Waals surface area contributed by atoms with E-state index < -0.39 is 9.84 Å². The van der Waals surface area contributed by atoms with Gasteiger partial charge in [-0.25, -0.2) is 8.42 Å². The first-order chi connectivity index (χ1) is 8.95. The largest absolute Gasteiger partial charge is 0.381 e. The van der Waals surface area contributed by atoms with E-state index in [0.29, 0.717) is 16.5 Å². The predicted octanol–water partition coefficient (Wildman–Crippen LogP) is 3.36. The summed E-state index contributed by atoms with van der Waals surface area (Å²) in [4.78, 5) is 0.320. The Morgan fingerprint density at radius 1 is 1.11 bits per heavy atom. The van der Waals surface area contributed by atoms with Crippen molar-refractivity contribution in [3.05, 3.63) is 59.1 Å². The number of sulfone groups is 1. The third kappa shape index (κ3) is 3.98. The molecule has 0 radical (unpaired) electrons. The molecule has 3 nitrogen and oxygen atoms in total. The summed E-state index contributed by atoms with van der Waals surface area (Å²) in [7, 11) is -3.14. The molecule has 100 valence electrons. The van der Waals surface area contributed by atoms with Crippen molar-refractivity contribution >= 4 is 27.1 Å². The van der Waals surface area contributed by atoms with Crippen LogP contribution in [0.2, 0.25) is 5.02 Å². The molecule has 19 heavy (non-hydrogen) atoms. The predicted molar refractivity (Wildman–Crippen MR) is 78.3 cm³/mol. The zero-order chi connectivity index (χ0) is 13.9. The van der Waals surface area contributed by atoms with Gasteiger partial charge in [0.05, 0.1) is 4.90 Å². The Kier molecular flexibility index (Phi) is 4.12. The molecule has 5 heteroatoms. The molecular formula is C14H14ClNO2S. The van der Waals surface area contributed by atoms with Crippen LogP contribution < -0.4 is 5.32 Å². The van der Waals surface area contributed by atoms with Gasteiger partial charge in [-0.3, -0.25) is 0 Å². The smallest absolute Gasteiger partial charge is 0.175 e. The van der Waals surface area contributed by atoms with Crippen LogP contribution in [-0.4, -0.2) is 14.7 Å². The first kappa shape index (κ1) is 13.9. The zero-order valence-corrected chi connectivity index (χ0v) is 12.0. The Morgan fingerprint density at radius 2 is 1.79 bits per heavy atom. The fourth-order valence-electron chi connectivity index (χ4n) is 1.67. The van der Waals surface area contributed by atoms with Gasteiger partial charge in [-0.05, 0) is 42.0 Å². The molecule has 2 aromatic carbocycles. The van der Waals surface area contributed by atoms with Crippen molar-refractivity contribution in [2.24, 2.45) is 0 Å². The van der Waals surface area contributed by atoms with Crippen LogP contribution in [0.25, 0.3) is 0 Å². The van der Waals surface area contributed by atoms with E-state index in [0.717, 1.165) is 11.3 Å². The van der Waals surface area contributed by atoms with Gasteiger partial charge in [-0.2, -0.15) is 0 Å². The summed E-state index contributed by atoms with van der Waals surface area (Å²) in [5.74, 6) is 0. The minimum atomic E-state index is -3.14. The Hall–Kier alpha value is -1.52. The first-order valence-corrected chi connectivity index (χ1v) is 8.00. The lowest BCUT2D eigenvalue weighted by Crippen LogP contribution is -2.00. The van der Waals surface area contributed by atoms with Gasteiger partial charge in [0.15, 0.2) is 9.84 Å². The molecule has 0 saturated carbocycles. The van der Waals surface area contributed by atoms with Crippen molar-refractivity contribution in [2.45, 2.75) is 11.4 Å². The minimum absolute atomic E-state index is 0.320. The molecule has 0 heterocycles. The molecule has 0 fully saturated rings. The van der Waals surface area contributed by atoms with E-state index in [2.05, 4.69) is 5.32 Å². The molecule has 2 rings (SSSR count). The van der Waals surface area contributed by atoms with Gasteiger partial charge in [0.1, 0.15) is 0 Å². The highest BCUT2D eigenvalue weighted by atomic mass is 35.5. The maximum Gasteiger partial charge on any atom is 0.175 e. The van der Waals surface area contributed by atoms with E-state index >= 15 is 0 Å². The fraction of sp³-hybridized carbons (Fsp3) is 0.143. The lowest BCUT2D eigenvalue weighted by molar-refractivity contribution is 0.602. The van der Waals surface area contributed by atoms with E-state index in [1.165, 1.54) is 6.26 Å². The van der Waals surface area contributed by atoms with E-state index in [1.807, 2.05) is 24.3 Å². The van der Waals surface area contributed by atoms with Crippen molar-refractivity contribution in [3.63, 3.8) is 0 Å². The summed E-state index contributed by atoms with van der Waals surface area (Å²) in [6, 6.07) is 14.3. The Morgan fingerprint density at radius 3 is 2.37 bits per heavy atom. The molecule has 0 atom stereocenters. The molecule has 2 aromatic rings. The van der Waals surface area contributed by atoms with Crippen LogP contribution in [-0.2, 0) is 16.4 Å². The highest BCUT2D eigenvalue weighted by Crippen LogP contribution is 2.16. The fourth-order valence-corrected chi connectivity index (χ4v) is 2.51. The minimum Gasteiger partial charge on any atom is -0.381 e. The summed E-state index contributed by atoms with van der Waals surface area (Å²) in [6.07, 6.45) is 1.20. The standard InChI is InChI=1S/C14H14ClNO2S/c1-19(17,18)14-7-5-13(6-8-14)16-10-11-3-2-4-12(15)9-11/h2-9,16H,10H2,1H3. The number of anilines is 1. The molecule has 0 amide bonds. The normalized spacial score (nSPS) is 11.3. The number of benzene rings is 2. The third-order valence-electron chi connectivity index (χ3n) is 2.67. The number of hydrogen-bond acceptors (Lipinski definition) is 3. The molecular weight excluding hydrogens is 282 g/mol. The lowest BCUT2D eigenvalue weighted by atomic mass is 10.2. The highest BCUT2D eigenvalue weighted by molar-refractivity contribution is 7.90. The van der Waals surface area contributed by atoms with E-state index in [-0.39, 0.29) is 0 Å². The molecule has 0 aliphatic rings. The van der Waals surface area contributed by atoms with Crippen molar-refractivity contribution in [3.8, 4) is 0 Å². The van der Waals surface area contributed by atoms with Crippen molar-refractivity contribution < 1.29 is 8.42 Å². The second-order valence-electron chi connectivity index (χ2n) is 4.28. The number of hydrogen-bond donors (Lipinski definition) is 1. The van der Waals surface area contributed by atoms with Crippen molar-refractivity contribution in [2.75, 3.05) is 11.6 Å². The van der Waals surface area contributed by atoms with Gasteiger partial charge < -0.3 is 5.32 Å². The average molecular weight is 296 g/mol. The van der Waals surface area contributed by atoms with Crippen molar-refractivity contribution in [1.29, 1.82) is 0 Å². The quantitative estimate of drug-likeness (QED) is 0.941. The van der Waals surface area contributed by atoms with E-state index in [1.54, 1.807) is 24.3 Å². The Balaban J connectivity index is 2.05. The number of nitrogens with one attached hydrogen (secondary N) is 1. The Labute approximate surface area is 118 Å². The van der Waals surface area contributed by atoms with Crippen LogP contribution in [0.15, 0.2) is 53.4 Å². The van der Waals surface area contributed by atoms with Gasteiger partial charge >= 0.3 is 0 Å². The summed E-state index contributed by atoms with van der Waals surface area (Å²) in [5, 5.41) is 3.91. The van der Waals surface area contributed by atoms with Crippen LogP contribution >= 0.6 is 11.6 Å². The molecule has 0 aromatic heterocycles. The molecule has 0 aliphatic carbocycles. The summed E-state index contributed by atoms with van der Waals surface area (Å²) < 4.78 is 22.7. The van der Waals surface area contributed by atoms with E-state index in [4.69, 9.17) is 11.6 Å². The van der Waals surface area contributed by atoms with Gasteiger partial charge in [0.25, 0.3) is 0 Å². The maximum atomic E-state index is 11.3. The summed E-state index contributed by atoms with van der Waals surface area (Å²) in [6.45, 7) is 0.638. The molecule has 0 saturated heterocycles. The summed E-state index contributed by atoms with van der Waals surface area (Å²) >= 11 is 5.90. The molecule has 0 bridgehead atoms.